The summed E-state index contributed by atoms with van der Waals surface area (Å²) in [7, 11) is 3.41. The van der Waals surface area contributed by atoms with Crippen molar-refractivity contribution in [1.29, 1.82) is 0 Å². The molecule has 2 aliphatic carbocycles. The molecule has 2 bridgehead atoms. The molecule has 0 radical (unpaired) electrons. The maximum atomic E-state index is 5.52. The van der Waals surface area contributed by atoms with E-state index < -0.39 is 0 Å². The molecule has 0 saturated heterocycles. The zero-order valence-corrected chi connectivity index (χ0v) is 12.7. The Hall–Kier alpha value is -1.22. The molecule has 3 nitrogen and oxygen atoms in total. The molecule has 1 N–H and O–H groups in total. The third-order valence-electron chi connectivity index (χ3n) is 5.11. The van der Waals surface area contributed by atoms with E-state index in [2.05, 4.69) is 18.3 Å². The van der Waals surface area contributed by atoms with Crippen LogP contribution in [0, 0.1) is 11.8 Å². The Balaban J connectivity index is 1.71. The summed E-state index contributed by atoms with van der Waals surface area (Å²) in [5.74, 6) is 3.62. The molecule has 20 heavy (non-hydrogen) atoms. The van der Waals surface area contributed by atoms with Crippen LogP contribution in [0.4, 0.5) is 0 Å². The molecule has 0 heterocycles. The predicted molar refractivity (Wildman–Crippen MR) is 80.3 cm³/mol. The van der Waals surface area contributed by atoms with Crippen LogP contribution in [0.3, 0.4) is 0 Å². The summed E-state index contributed by atoms with van der Waals surface area (Å²) >= 11 is 0. The van der Waals surface area contributed by atoms with E-state index in [4.69, 9.17) is 9.47 Å². The van der Waals surface area contributed by atoms with Crippen LogP contribution in [0.25, 0.3) is 0 Å². The van der Waals surface area contributed by atoms with Gasteiger partial charge < -0.3 is 14.8 Å². The van der Waals surface area contributed by atoms with Gasteiger partial charge in [0.15, 0.2) is 0 Å². The number of rotatable bonds is 5. The van der Waals surface area contributed by atoms with E-state index in [0.29, 0.717) is 12.1 Å². The van der Waals surface area contributed by atoms with Gasteiger partial charge in [-0.05, 0) is 44.1 Å². The molecule has 3 heteroatoms. The van der Waals surface area contributed by atoms with E-state index in [1.54, 1.807) is 14.2 Å². The van der Waals surface area contributed by atoms with Crippen molar-refractivity contribution in [2.24, 2.45) is 11.8 Å². The molecule has 0 aromatic heterocycles. The van der Waals surface area contributed by atoms with Gasteiger partial charge in [0.05, 0.1) is 14.2 Å². The number of fused-ring (bicyclic) bond motifs is 2. The Labute approximate surface area is 121 Å². The molecule has 110 valence electrons. The summed E-state index contributed by atoms with van der Waals surface area (Å²) in [4.78, 5) is 0. The highest BCUT2D eigenvalue weighted by Gasteiger charge is 2.39. The predicted octanol–water partition coefficient (Wildman–Crippen LogP) is 3.54. The standard InChI is InChI=1S/C17H25NO2/c1-11(18-16-9-12-4-5-13(16)8-12)15-7-6-14(19-2)10-17(15)20-3/h6-7,10-13,16,18H,4-5,8-9H2,1-3H3. The molecule has 1 aromatic rings. The normalized spacial score (nSPS) is 29.4. The number of ether oxygens (including phenoxy) is 2. The Morgan fingerprint density at radius 1 is 1.15 bits per heavy atom. The molecular formula is C17H25NO2. The second-order valence-electron chi connectivity index (χ2n) is 6.28. The van der Waals surface area contributed by atoms with Crippen LogP contribution in [0.2, 0.25) is 0 Å². The SMILES string of the molecule is COc1ccc(C(C)NC2CC3CCC2C3)c(OC)c1. The van der Waals surface area contributed by atoms with Crippen molar-refractivity contribution < 1.29 is 9.47 Å². The average molecular weight is 275 g/mol. The van der Waals surface area contributed by atoms with Gasteiger partial charge >= 0.3 is 0 Å². The molecule has 4 atom stereocenters. The maximum Gasteiger partial charge on any atom is 0.127 e. The lowest BCUT2D eigenvalue weighted by atomic mass is 9.94. The van der Waals surface area contributed by atoms with Gasteiger partial charge in [-0.1, -0.05) is 12.5 Å². The minimum atomic E-state index is 0.320. The minimum Gasteiger partial charge on any atom is -0.497 e. The van der Waals surface area contributed by atoms with Gasteiger partial charge in [-0.2, -0.15) is 0 Å². The fourth-order valence-electron chi connectivity index (χ4n) is 4.04. The molecular weight excluding hydrogens is 250 g/mol. The zero-order chi connectivity index (χ0) is 14.1. The van der Waals surface area contributed by atoms with E-state index in [-0.39, 0.29) is 0 Å². The first-order chi connectivity index (χ1) is 9.71. The van der Waals surface area contributed by atoms with Crippen molar-refractivity contribution in [3.8, 4) is 11.5 Å². The summed E-state index contributed by atoms with van der Waals surface area (Å²) in [5.41, 5.74) is 1.22. The molecule has 4 unspecified atom stereocenters. The Morgan fingerprint density at radius 2 is 2.00 bits per heavy atom. The molecule has 1 aromatic carbocycles. The Kier molecular flexibility index (Phi) is 3.88. The van der Waals surface area contributed by atoms with Gasteiger partial charge in [0.2, 0.25) is 0 Å². The van der Waals surface area contributed by atoms with Gasteiger partial charge in [0.25, 0.3) is 0 Å². The number of methoxy groups -OCH3 is 2. The largest absolute Gasteiger partial charge is 0.497 e. The van der Waals surface area contributed by atoms with E-state index in [0.717, 1.165) is 23.3 Å². The lowest BCUT2D eigenvalue weighted by molar-refractivity contribution is 0.321. The third-order valence-corrected chi connectivity index (χ3v) is 5.11. The molecule has 2 aliphatic rings. The fourth-order valence-corrected chi connectivity index (χ4v) is 4.04. The lowest BCUT2D eigenvalue weighted by Gasteiger charge is -2.27. The highest BCUT2D eigenvalue weighted by molar-refractivity contribution is 5.42. The van der Waals surface area contributed by atoms with Gasteiger partial charge in [0, 0.05) is 23.7 Å². The van der Waals surface area contributed by atoms with E-state index >= 15 is 0 Å². The Morgan fingerprint density at radius 3 is 2.60 bits per heavy atom. The first-order valence-electron chi connectivity index (χ1n) is 7.69. The minimum absolute atomic E-state index is 0.320. The fraction of sp³-hybridized carbons (Fsp3) is 0.647. The number of benzene rings is 1. The van der Waals surface area contributed by atoms with Crippen molar-refractivity contribution >= 4 is 0 Å². The molecule has 2 saturated carbocycles. The van der Waals surface area contributed by atoms with Crippen LogP contribution in [0.15, 0.2) is 18.2 Å². The number of nitrogens with one attached hydrogen (secondary N) is 1. The van der Waals surface area contributed by atoms with Crippen molar-refractivity contribution in [1.82, 2.24) is 5.32 Å². The van der Waals surface area contributed by atoms with E-state index in [9.17, 15) is 0 Å². The smallest absolute Gasteiger partial charge is 0.127 e. The maximum absolute atomic E-state index is 5.52. The van der Waals surface area contributed by atoms with Crippen LogP contribution in [-0.4, -0.2) is 20.3 Å². The van der Waals surface area contributed by atoms with Crippen LogP contribution in [-0.2, 0) is 0 Å². The zero-order valence-electron chi connectivity index (χ0n) is 12.7. The highest BCUT2D eigenvalue weighted by atomic mass is 16.5. The first kappa shape index (κ1) is 13.7. The average Bonchev–Trinajstić information content (AvgIpc) is 3.09. The van der Waals surface area contributed by atoms with E-state index in [1.165, 1.54) is 31.2 Å². The van der Waals surface area contributed by atoms with Crippen LogP contribution < -0.4 is 14.8 Å². The van der Waals surface area contributed by atoms with Gasteiger partial charge in [-0.3, -0.25) is 0 Å². The Bertz CT molecular complexity index is 474. The summed E-state index contributed by atoms with van der Waals surface area (Å²) < 4.78 is 10.8. The lowest BCUT2D eigenvalue weighted by Crippen LogP contribution is -2.35. The highest BCUT2D eigenvalue weighted by Crippen LogP contribution is 2.45. The molecule has 2 fully saturated rings. The van der Waals surface area contributed by atoms with Crippen molar-refractivity contribution in [3.05, 3.63) is 23.8 Å². The molecule has 0 amide bonds. The first-order valence-corrected chi connectivity index (χ1v) is 7.69. The topological polar surface area (TPSA) is 30.5 Å². The van der Waals surface area contributed by atoms with Gasteiger partial charge in [-0.25, -0.2) is 0 Å². The quantitative estimate of drug-likeness (QED) is 0.891. The van der Waals surface area contributed by atoms with Crippen LogP contribution in [0.5, 0.6) is 11.5 Å². The van der Waals surface area contributed by atoms with E-state index in [1.807, 2.05) is 12.1 Å². The monoisotopic (exact) mass is 275 g/mol. The second kappa shape index (κ2) is 5.65. The molecule has 3 rings (SSSR count). The summed E-state index contributed by atoms with van der Waals surface area (Å²) in [5, 5.41) is 3.82. The van der Waals surface area contributed by atoms with Crippen molar-refractivity contribution in [2.45, 2.75) is 44.7 Å². The van der Waals surface area contributed by atoms with Crippen LogP contribution >= 0.6 is 0 Å². The summed E-state index contributed by atoms with van der Waals surface area (Å²) in [6.45, 7) is 2.23. The van der Waals surface area contributed by atoms with Gasteiger partial charge in [0.1, 0.15) is 11.5 Å². The summed E-state index contributed by atoms with van der Waals surface area (Å²) in [6.07, 6.45) is 5.65. The molecule has 0 spiro atoms. The van der Waals surface area contributed by atoms with Gasteiger partial charge in [-0.15, -0.1) is 0 Å². The third kappa shape index (κ3) is 2.51. The second-order valence-corrected chi connectivity index (χ2v) is 6.28. The molecule has 0 aliphatic heterocycles. The number of hydrogen-bond acceptors (Lipinski definition) is 3. The van der Waals surface area contributed by atoms with Crippen molar-refractivity contribution in [2.75, 3.05) is 14.2 Å². The van der Waals surface area contributed by atoms with Crippen molar-refractivity contribution in [3.63, 3.8) is 0 Å². The number of hydrogen-bond donors (Lipinski definition) is 1. The van der Waals surface area contributed by atoms with Crippen LogP contribution in [0.1, 0.15) is 44.2 Å². The summed E-state index contributed by atoms with van der Waals surface area (Å²) in [6, 6.07) is 7.10.